The van der Waals surface area contributed by atoms with Gasteiger partial charge in [0.05, 0.1) is 48.9 Å². The van der Waals surface area contributed by atoms with Crippen LogP contribution in [0.5, 0.6) is 5.75 Å². The minimum Gasteiger partial charge on any atom is -0.508 e. The first-order valence-corrected chi connectivity index (χ1v) is 14.4. The summed E-state index contributed by atoms with van der Waals surface area (Å²) in [6.07, 6.45) is -1.65. The molecule has 0 bridgehead atoms. The number of ketones is 2. The van der Waals surface area contributed by atoms with Crippen LogP contribution in [-0.4, -0.2) is 111 Å². The van der Waals surface area contributed by atoms with E-state index in [0.717, 1.165) is 13.1 Å². The zero-order chi connectivity index (χ0) is 31.8. The Hall–Kier alpha value is -4.01. The lowest BCUT2D eigenvalue weighted by atomic mass is 9.54. The average Bonchev–Trinajstić information content (AvgIpc) is 3.43. The van der Waals surface area contributed by atoms with Crippen LogP contribution in [0.1, 0.15) is 29.7 Å². The predicted octanol–water partition coefficient (Wildman–Crippen LogP) is 0.588. The van der Waals surface area contributed by atoms with Crippen molar-refractivity contribution < 1.29 is 49.1 Å². The molecule has 2 heterocycles. The number of morpholine rings is 1. The highest BCUT2D eigenvalue weighted by Gasteiger charge is 2.68. The van der Waals surface area contributed by atoms with E-state index >= 15 is 0 Å². The van der Waals surface area contributed by atoms with Gasteiger partial charge in [0, 0.05) is 24.6 Å². The molecular formula is C31H35N3O10. The van der Waals surface area contributed by atoms with Crippen LogP contribution in [0.2, 0.25) is 0 Å². The van der Waals surface area contributed by atoms with Crippen LogP contribution < -0.4 is 5.73 Å². The van der Waals surface area contributed by atoms with Crippen LogP contribution in [-0.2, 0) is 25.7 Å². The number of fused-ring (bicyclic) bond motifs is 3. The van der Waals surface area contributed by atoms with E-state index in [-0.39, 0.29) is 16.9 Å². The molecule has 1 aliphatic heterocycles. The number of aromatic hydroxyl groups is 1. The van der Waals surface area contributed by atoms with E-state index in [9.17, 15) is 39.9 Å². The molecule has 0 spiro atoms. The van der Waals surface area contributed by atoms with E-state index in [1.54, 1.807) is 31.2 Å². The minimum absolute atomic E-state index is 0.0929. The number of ether oxygens (including phenoxy) is 1. The number of phenolic OH excluding ortho intramolecular Hbond substituents is 1. The number of furan rings is 1. The van der Waals surface area contributed by atoms with Gasteiger partial charge in [-0.05, 0) is 43.8 Å². The summed E-state index contributed by atoms with van der Waals surface area (Å²) in [5.74, 6) is -8.34. The molecule has 3 aliphatic carbocycles. The molecule has 2 aromatic rings. The minimum atomic E-state index is -2.97. The summed E-state index contributed by atoms with van der Waals surface area (Å²) in [5, 5.41) is 57.7. The lowest BCUT2D eigenvalue weighted by molar-refractivity contribution is -0.169. The summed E-state index contributed by atoms with van der Waals surface area (Å²) in [4.78, 5) is 43.2. The quantitative estimate of drug-likeness (QED) is 0.258. The van der Waals surface area contributed by atoms with E-state index < -0.39 is 75.6 Å². The number of nitrogens with zero attached hydrogens (tertiary/aromatic N) is 2. The highest BCUT2D eigenvalue weighted by atomic mass is 16.5. The molecule has 13 heteroatoms. The number of carbonyl (C=O) groups is 3. The number of hydrogen-bond donors (Lipinski definition) is 6. The summed E-state index contributed by atoms with van der Waals surface area (Å²) >= 11 is 0. The monoisotopic (exact) mass is 609 g/mol. The fraction of sp³-hybridized carbons (Fsp3) is 0.452. The van der Waals surface area contributed by atoms with E-state index in [0.29, 0.717) is 36.8 Å². The van der Waals surface area contributed by atoms with Gasteiger partial charge in [0.25, 0.3) is 5.91 Å². The summed E-state index contributed by atoms with van der Waals surface area (Å²) < 4.78 is 11.4. The topological polar surface area (TPSA) is 207 Å². The summed E-state index contributed by atoms with van der Waals surface area (Å²) in [6, 6.07) is 5.34. The molecule has 1 amide bonds. The third kappa shape index (κ3) is 4.14. The molecule has 13 nitrogen and oxygen atoms in total. The van der Waals surface area contributed by atoms with Gasteiger partial charge in [-0.1, -0.05) is 13.0 Å². The van der Waals surface area contributed by atoms with Gasteiger partial charge in [-0.3, -0.25) is 24.2 Å². The Bertz CT molecular complexity index is 1630. The summed E-state index contributed by atoms with van der Waals surface area (Å²) in [7, 11) is 2.92. The maximum absolute atomic E-state index is 14.2. The maximum atomic E-state index is 14.2. The lowest BCUT2D eigenvalue weighted by Gasteiger charge is -2.53. The van der Waals surface area contributed by atoms with Crippen LogP contribution in [0.15, 0.2) is 45.6 Å². The first-order chi connectivity index (χ1) is 20.8. The molecule has 6 rings (SSSR count). The van der Waals surface area contributed by atoms with Crippen molar-refractivity contribution in [3.63, 3.8) is 0 Å². The van der Waals surface area contributed by atoms with Crippen molar-refractivity contribution in [1.29, 1.82) is 0 Å². The number of likely N-dealkylation sites (N-methyl/N-ethyl adjacent to an activating group) is 1. The average molecular weight is 610 g/mol. The molecule has 234 valence electrons. The van der Waals surface area contributed by atoms with Crippen LogP contribution in [0.3, 0.4) is 0 Å². The van der Waals surface area contributed by atoms with E-state index in [2.05, 4.69) is 4.90 Å². The Balaban J connectivity index is 1.47. The molecular weight excluding hydrogens is 574 g/mol. The molecule has 0 radical (unpaired) electrons. The van der Waals surface area contributed by atoms with Gasteiger partial charge >= 0.3 is 0 Å². The van der Waals surface area contributed by atoms with E-state index in [4.69, 9.17) is 14.9 Å². The summed E-state index contributed by atoms with van der Waals surface area (Å²) in [6.45, 7) is 4.98. The van der Waals surface area contributed by atoms with Gasteiger partial charge < -0.3 is 40.4 Å². The Morgan fingerprint density at radius 2 is 1.80 bits per heavy atom. The smallest absolute Gasteiger partial charge is 0.255 e. The van der Waals surface area contributed by atoms with Crippen LogP contribution in [0.25, 0.3) is 17.1 Å². The number of Topliss-reactive ketones (excluding diaryl/α,β-unsaturated/α-hetero) is 2. The molecule has 1 saturated heterocycles. The zero-order valence-corrected chi connectivity index (χ0v) is 24.5. The second-order valence-corrected chi connectivity index (χ2v) is 12.1. The summed E-state index contributed by atoms with van der Waals surface area (Å²) in [5.41, 5.74) is 1.56. The number of aliphatic hydroxyl groups excluding tert-OH is 3. The number of aliphatic hydroxyl groups is 4. The molecule has 6 atom stereocenters. The normalized spacial score (nSPS) is 30.8. The highest BCUT2D eigenvalue weighted by Crippen LogP contribution is 2.56. The standard InChI is InChI=1S/C31H35N3O10/c1-13-15-5-6-16(17-7-4-14(44-17)12-34-8-10-43-11-9-34)24(35)19(15)25(36)20-18(13)26(37)22-23(33(2)3)27(38)21(30(32)41)29(40)31(22,42)28(20)39/h4-7,13,18,22-23,26,35-37,40,42H,8-12H2,1-3H3,(H2,32,41)/t13-,18?,22?,23-,26-,31-/m0/s1. The Morgan fingerprint density at radius 1 is 1.11 bits per heavy atom. The van der Waals surface area contributed by atoms with Crippen LogP contribution in [0.4, 0.5) is 0 Å². The number of amides is 1. The Kier molecular flexibility index (Phi) is 7.21. The van der Waals surface area contributed by atoms with Crippen molar-refractivity contribution in [2.75, 3.05) is 40.4 Å². The largest absolute Gasteiger partial charge is 0.508 e. The molecule has 1 aromatic heterocycles. The van der Waals surface area contributed by atoms with Gasteiger partial charge in [-0.25, -0.2) is 0 Å². The fourth-order valence-electron chi connectivity index (χ4n) is 7.40. The first-order valence-electron chi connectivity index (χ1n) is 14.4. The van der Waals surface area contributed by atoms with Crippen molar-refractivity contribution in [3.05, 3.63) is 58.1 Å². The number of nitrogens with two attached hydrogens (primary N) is 1. The second-order valence-electron chi connectivity index (χ2n) is 12.1. The van der Waals surface area contributed by atoms with E-state index in [1.807, 2.05) is 0 Å². The maximum Gasteiger partial charge on any atom is 0.255 e. The number of hydrogen-bond acceptors (Lipinski definition) is 12. The SMILES string of the molecule is C[C@H]1c2ccc(-c3ccc(CN4CCOCC4)o3)c(O)c2C(O)=C2C(=O)[C@]3(O)C(O)=C(C(N)=O)C(=O)[C@@H](N(C)C)C3[C@@H](O)C21. The van der Waals surface area contributed by atoms with Crippen molar-refractivity contribution in [1.82, 2.24) is 9.80 Å². The van der Waals surface area contributed by atoms with E-state index in [1.165, 1.54) is 19.0 Å². The lowest BCUT2D eigenvalue weighted by Crippen LogP contribution is -2.70. The van der Waals surface area contributed by atoms with Gasteiger partial charge in [0.1, 0.15) is 34.4 Å². The number of phenols is 1. The molecule has 44 heavy (non-hydrogen) atoms. The molecule has 1 aromatic carbocycles. The fourth-order valence-corrected chi connectivity index (χ4v) is 7.40. The molecule has 2 fully saturated rings. The molecule has 4 aliphatic rings. The number of benzene rings is 1. The number of carbonyl (C=O) groups excluding carboxylic acids is 3. The van der Waals surface area contributed by atoms with Crippen LogP contribution >= 0.6 is 0 Å². The Labute approximate surface area is 252 Å². The van der Waals surface area contributed by atoms with Crippen molar-refractivity contribution in [2.24, 2.45) is 17.6 Å². The van der Waals surface area contributed by atoms with Gasteiger partial charge in [0.2, 0.25) is 5.78 Å². The second kappa shape index (κ2) is 10.6. The Morgan fingerprint density at radius 3 is 2.43 bits per heavy atom. The molecule has 7 N–H and O–H groups in total. The third-order valence-corrected chi connectivity index (χ3v) is 9.54. The highest BCUT2D eigenvalue weighted by molar-refractivity contribution is 6.24. The zero-order valence-electron chi connectivity index (χ0n) is 24.5. The molecule has 2 unspecified atom stereocenters. The van der Waals surface area contributed by atoms with Crippen LogP contribution in [0, 0.1) is 11.8 Å². The van der Waals surface area contributed by atoms with Gasteiger partial charge in [0.15, 0.2) is 11.4 Å². The first kappa shape index (κ1) is 30.0. The van der Waals surface area contributed by atoms with Gasteiger partial charge in [-0.15, -0.1) is 0 Å². The number of rotatable bonds is 5. The van der Waals surface area contributed by atoms with Crippen molar-refractivity contribution >= 4 is 23.2 Å². The molecule has 1 saturated carbocycles. The van der Waals surface area contributed by atoms with Gasteiger partial charge in [-0.2, -0.15) is 0 Å². The predicted molar refractivity (Wildman–Crippen MR) is 154 cm³/mol. The van der Waals surface area contributed by atoms with Crippen molar-refractivity contribution in [2.45, 2.75) is 37.1 Å². The van der Waals surface area contributed by atoms with Crippen molar-refractivity contribution in [3.8, 4) is 17.1 Å². The third-order valence-electron chi connectivity index (χ3n) is 9.54. The number of primary amides is 1.